The third kappa shape index (κ3) is 6.54. The van der Waals surface area contributed by atoms with Crippen LogP contribution >= 0.6 is 11.8 Å². The van der Waals surface area contributed by atoms with Crippen molar-refractivity contribution in [3.05, 3.63) is 59.7 Å². The van der Waals surface area contributed by atoms with E-state index in [0.717, 1.165) is 30.9 Å². The van der Waals surface area contributed by atoms with E-state index in [4.69, 9.17) is 9.47 Å². The van der Waals surface area contributed by atoms with E-state index in [9.17, 15) is 4.79 Å². The van der Waals surface area contributed by atoms with E-state index < -0.39 is 0 Å². The third-order valence-electron chi connectivity index (χ3n) is 4.62. The fraction of sp³-hybridized carbons (Fsp3) is 0.348. The minimum absolute atomic E-state index is 0.162. The molecule has 2 aromatic rings. The first-order valence-electron chi connectivity index (χ1n) is 9.87. The fourth-order valence-corrected chi connectivity index (χ4v) is 4.16. The molecule has 3 rings (SSSR count). The molecule has 0 aromatic heterocycles. The molecule has 1 heterocycles. The Bertz CT molecular complexity index is 848. The van der Waals surface area contributed by atoms with Crippen molar-refractivity contribution in [2.24, 2.45) is 0 Å². The average molecular weight is 413 g/mol. The number of methoxy groups -OCH3 is 1. The highest BCUT2D eigenvalue weighted by atomic mass is 32.2. The lowest BCUT2D eigenvalue weighted by molar-refractivity contribution is -0.111. The van der Waals surface area contributed by atoms with Crippen LogP contribution < -0.4 is 14.8 Å². The number of ether oxygens (including phenoxy) is 2. The van der Waals surface area contributed by atoms with Crippen molar-refractivity contribution in [2.45, 2.75) is 13.5 Å². The molecule has 0 aliphatic carbocycles. The molecule has 0 radical (unpaired) electrons. The monoisotopic (exact) mass is 412 g/mol. The molecule has 1 saturated heterocycles. The Labute approximate surface area is 177 Å². The lowest BCUT2D eigenvalue weighted by Gasteiger charge is -2.26. The Morgan fingerprint density at radius 2 is 2.00 bits per heavy atom. The van der Waals surface area contributed by atoms with E-state index in [2.05, 4.69) is 16.3 Å². The number of rotatable bonds is 8. The summed E-state index contributed by atoms with van der Waals surface area (Å²) in [6, 6.07) is 13.7. The van der Waals surface area contributed by atoms with Gasteiger partial charge in [-0.1, -0.05) is 18.2 Å². The molecule has 5 nitrogen and oxygen atoms in total. The molecular weight excluding hydrogens is 384 g/mol. The summed E-state index contributed by atoms with van der Waals surface area (Å²) in [7, 11) is 1.61. The second-order valence-electron chi connectivity index (χ2n) is 6.75. The minimum atomic E-state index is -0.162. The lowest BCUT2D eigenvalue weighted by atomic mass is 10.1. The number of thioether (sulfide) groups is 1. The van der Waals surface area contributed by atoms with Crippen LogP contribution in [-0.2, 0) is 11.3 Å². The summed E-state index contributed by atoms with van der Waals surface area (Å²) in [6.07, 6.45) is 3.30. The number of nitrogens with one attached hydrogen (secondary N) is 1. The summed E-state index contributed by atoms with van der Waals surface area (Å²) in [5.74, 6) is 3.57. The number of anilines is 1. The largest absolute Gasteiger partial charge is 0.493 e. The number of nitrogens with zero attached hydrogens (tertiary/aromatic N) is 1. The molecule has 1 N–H and O–H groups in total. The molecule has 1 aliphatic rings. The first-order valence-corrected chi connectivity index (χ1v) is 11.0. The quantitative estimate of drug-likeness (QED) is 0.656. The molecule has 2 aromatic carbocycles. The zero-order valence-electron chi connectivity index (χ0n) is 17.0. The first kappa shape index (κ1) is 21.3. The fourth-order valence-electron chi connectivity index (χ4n) is 3.19. The molecule has 1 amide bonds. The summed E-state index contributed by atoms with van der Waals surface area (Å²) < 4.78 is 10.9. The summed E-state index contributed by atoms with van der Waals surface area (Å²) in [4.78, 5) is 14.8. The van der Waals surface area contributed by atoms with Crippen molar-refractivity contribution in [3.8, 4) is 11.5 Å². The molecule has 0 spiro atoms. The van der Waals surface area contributed by atoms with Gasteiger partial charge >= 0.3 is 0 Å². The normalized spacial score (nSPS) is 14.7. The lowest BCUT2D eigenvalue weighted by Crippen LogP contribution is -2.31. The smallest absolute Gasteiger partial charge is 0.248 e. The molecule has 1 fully saturated rings. The summed E-state index contributed by atoms with van der Waals surface area (Å²) in [6.45, 7) is 5.64. The molecule has 29 heavy (non-hydrogen) atoms. The SMILES string of the molecule is CCOc1cc(/C=C/C(=O)Nc2cccc(CN3CCSCC3)c2)ccc1OC. The predicted octanol–water partition coefficient (Wildman–Crippen LogP) is 4.29. The van der Waals surface area contributed by atoms with Gasteiger partial charge in [-0.25, -0.2) is 0 Å². The van der Waals surface area contributed by atoms with Crippen LogP contribution in [0.1, 0.15) is 18.1 Å². The van der Waals surface area contributed by atoms with E-state index >= 15 is 0 Å². The topological polar surface area (TPSA) is 50.8 Å². The molecule has 6 heteroatoms. The van der Waals surface area contributed by atoms with E-state index in [-0.39, 0.29) is 5.91 Å². The summed E-state index contributed by atoms with van der Waals surface area (Å²) in [5.41, 5.74) is 2.91. The maximum atomic E-state index is 12.4. The molecule has 154 valence electrons. The van der Waals surface area contributed by atoms with Crippen LogP contribution in [-0.4, -0.2) is 49.1 Å². The van der Waals surface area contributed by atoms with Gasteiger partial charge in [0.15, 0.2) is 11.5 Å². The van der Waals surface area contributed by atoms with Crippen LogP contribution in [0.4, 0.5) is 5.69 Å². The van der Waals surface area contributed by atoms with Crippen molar-refractivity contribution in [1.82, 2.24) is 4.90 Å². The second-order valence-corrected chi connectivity index (χ2v) is 7.98. The van der Waals surface area contributed by atoms with Crippen LogP contribution in [0.5, 0.6) is 11.5 Å². The third-order valence-corrected chi connectivity index (χ3v) is 5.56. The second kappa shape index (κ2) is 10.9. The van der Waals surface area contributed by atoms with Gasteiger partial charge in [0.25, 0.3) is 0 Å². The van der Waals surface area contributed by atoms with Gasteiger partial charge in [-0.05, 0) is 48.4 Å². The van der Waals surface area contributed by atoms with Gasteiger partial charge < -0.3 is 14.8 Å². The Morgan fingerprint density at radius 1 is 1.17 bits per heavy atom. The summed E-state index contributed by atoms with van der Waals surface area (Å²) >= 11 is 2.01. The minimum Gasteiger partial charge on any atom is -0.493 e. The number of hydrogen-bond acceptors (Lipinski definition) is 5. The molecule has 0 unspecified atom stereocenters. The van der Waals surface area contributed by atoms with Crippen molar-refractivity contribution >= 4 is 29.4 Å². The van der Waals surface area contributed by atoms with Crippen molar-refractivity contribution in [1.29, 1.82) is 0 Å². The van der Waals surface area contributed by atoms with E-state index in [1.165, 1.54) is 23.1 Å². The molecule has 0 saturated carbocycles. The van der Waals surface area contributed by atoms with Crippen LogP contribution in [0.25, 0.3) is 6.08 Å². The highest BCUT2D eigenvalue weighted by Crippen LogP contribution is 2.28. The summed E-state index contributed by atoms with van der Waals surface area (Å²) in [5, 5.41) is 2.95. The Morgan fingerprint density at radius 3 is 2.76 bits per heavy atom. The van der Waals surface area contributed by atoms with E-state index in [0.29, 0.717) is 18.1 Å². The number of carbonyl (C=O) groups excluding carboxylic acids is 1. The molecule has 0 bridgehead atoms. The van der Waals surface area contributed by atoms with Gasteiger partial charge in [0.1, 0.15) is 0 Å². The average Bonchev–Trinajstić information content (AvgIpc) is 2.74. The van der Waals surface area contributed by atoms with Crippen LogP contribution in [0.15, 0.2) is 48.5 Å². The highest BCUT2D eigenvalue weighted by Gasteiger charge is 2.11. The van der Waals surface area contributed by atoms with Crippen molar-refractivity contribution in [2.75, 3.05) is 43.6 Å². The Kier molecular flexibility index (Phi) is 8.02. The van der Waals surface area contributed by atoms with Crippen molar-refractivity contribution < 1.29 is 14.3 Å². The number of hydrogen-bond donors (Lipinski definition) is 1. The number of carbonyl (C=O) groups is 1. The molecule has 0 atom stereocenters. The van der Waals surface area contributed by atoms with Gasteiger partial charge in [-0.2, -0.15) is 11.8 Å². The van der Waals surface area contributed by atoms with Gasteiger partial charge in [0.05, 0.1) is 13.7 Å². The van der Waals surface area contributed by atoms with E-state index in [1.54, 1.807) is 13.2 Å². The Balaban J connectivity index is 1.60. The van der Waals surface area contributed by atoms with Crippen LogP contribution in [0.2, 0.25) is 0 Å². The van der Waals surface area contributed by atoms with Crippen LogP contribution in [0, 0.1) is 0 Å². The first-order chi connectivity index (χ1) is 14.2. The standard InChI is InChI=1S/C23H28N2O3S/c1-3-28-22-16-18(7-9-21(22)27-2)8-10-23(26)24-20-6-4-5-19(15-20)17-25-11-13-29-14-12-25/h4-10,15-16H,3,11-14,17H2,1-2H3,(H,24,26)/b10-8+. The maximum absolute atomic E-state index is 12.4. The van der Waals surface area contributed by atoms with Gasteiger partial charge in [0.2, 0.25) is 5.91 Å². The zero-order chi connectivity index (χ0) is 20.5. The molecular formula is C23H28N2O3S. The highest BCUT2D eigenvalue weighted by molar-refractivity contribution is 7.99. The van der Waals surface area contributed by atoms with E-state index in [1.807, 2.05) is 55.1 Å². The van der Waals surface area contributed by atoms with Crippen LogP contribution in [0.3, 0.4) is 0 Å². The predicted molar refractivity (Wildman–Crippen MR) is 121 cm³/mol. The van der Waals surface area contributed by atoms with Crippen molar-refractivity contribution in [3.63, 3.8) is 0 Å². The Hall–Kier alpha value is -2.44. The maximum Gasteiger partial charge on any atom is 0.248 e. The zero-order valence-corrected chi connectivity index (χ0v) is 17.8. The van der Waals surface area contributed by atoms with Gasteiger partial charge in [-0.15, -0.1) is 0 Å². The number of amides is 1. The molecule has 1 aliphatic heterocycles. The number of benzene rings is 2. The van der Waals surface area contributed by atoms with Gasteiger partial charge in [-0.3, -0.25) is 9.69 Å². The van der Waals surface area contributed by atoms with Gasteiger partial charge in [0, 0.05) is 42.9 Å².